The van der Waals surface area contributed by atoms with Crippen LogP contribution in [0.2, 0.25) is 0 Å². The van der Waals surface area contributed by atoms with Crippen molar-refractivity contribution in [2.45, 2.75) is 19.3 Å². The number of carbonyl (C=O) groups excluding carboxylic acids is 1. The second-order valence-corrected chi connectivity index (χ2v) is 5.82. The van der Waals surface area contributed by atoms with E-state index in [-0.39, 0.29) is 5.91 Å². The van der Waals surface area contributed by atoms with Crippen molar-refractivity contribution in [2.24, 2.45) is 0 Å². The van der Waals surface area contributed by atoms with Crippen molar-refractivity contribution in [3.8, 4) is 11.5 Å². The van der Waals surface area contributed by atoms with Gasteiger partial charge in [-0.25, -0.2) is 4.79 Å². The standard InChI is InChI=1S/C19H20N2O5/c1-24-16-8-6-12(10-17(16)25-2)4-3-5-18(22)20-13-7-9-15-14(11-13)21-19(23)26-15/h6-11H,3-5H2,1-2H3,(H,20,22)(H,21,23). The van der Waals surface area contributed by atoms with E-state index in [1.807, 2.05) is 18.2 Å². The number of hydrogen-bond donors (Lipinski definition) is 2. The maximum Gasteiger partial charge on any atom is 0.417 e. The number of oxazole rings is 1. The molecule has 3 aromatic rings. The third-order valence-electron chi connectivity index (χ3n) is 4.02. The summed E-state index contributed by atoms with van der Waals surface area (Å²) in [5.41, 5.74) is 2.71. The first-order chi connectivity index (χ1) is 12.6. The molecule has 1 amide bonds. The highest BCUT2D eigenvalue weighted by molar-refractivity contribution is 5.92. The summed E-state index contributed by atoms with van der Waals surface area (Å²) >= 11 is 0. The Morgan fingerprint density at radius 1 is 1.12 bits per heavy atom. The van der Waals surface area contributed by atoms with Crippen molar-refractivity contribution < 1.29 is 18.7 Å². The topological polar surface area (TPSA) is 93.6 Å². The molecular formula is C19H20N2O5. The zero-order valence-electron chi connectivity index (χ0n) is 14.6. The molecule has 0 fully saturated rings. The first-order valence-corrected chi connectivity index (χ1v) is 8.22. The molecule has 7 nitrogen and oxygen atoms in total. The van der Waals surface area contributed by atoms with E-state index in [1.54, 1.807) is 32.4 Å². The first-order valence-electron chi connectivity index (χ1n) is 8.22. The molecule has 26 heavy (non-hydrogen) atoms. The van der Waals surface area contributed by atoms with Crippen LogP contribution in [0.3, 0.4) is 0 Å². The van der Waals surface area contributed by atoms with E-state index in [9.17, 15) is 9.59 Å². The summed E-state index contributed by atoms with van der Waals surface area (Å²) in [4.78, 5) is 25.8. The molecule has 7 heteroatoms. The van der Waals surface area contributed by atoms with E-state index < -0.39 is 5.76 Å². The molecule has 0 saturated heterocycles. The Labute approximate surface area is 149 Å². The van der Waals surface area contributed by atoms with E-state index in [1.165, 1.54) is 0 Å². The zero-order chi connectivity index (χ0) is 18.5. The molecule has 0 atom stereocenters. The van der Waals surface area contributed by atoms with Crippen LogP contribution < -0.4 is 20.5 Å². The van der Waals surface area contributed by atoms with Gasteiger partial charge in [0.1, 0.15) is 0 Å². The lowest BCUT2D eigenvalue weighted by atomic mass is 10.1. The summed E-state index contributed by atoms with van der Waals surface area (Å²) in [5, 5.41) is 2.82. The predicted octanol–water partition coefficient (Wildman–Crippen LogP) is 3.10. The van der Waals surface area contributed by atoms with E-state index in [4.69, 9.17) is 13.9 Å². The molecule has 1 heterocycles. The fraction of sp³-hybridized carbons (Fsp3) is 0.263. The number of amides is 1. The van der Waals surface area contributed by atoms with Crippen LogP contribution in [0.1, 0.15) is 18.4 Å². The number of ether oxygens (including phenoxy) is 2. The van der Waals surface area contributed by atoms with E-state index >= 15 is 0 Å². The second-order valence-electron chi connectivity index (χ2n) is 5.82. The molecule has 0 aliphatic carbocycles. The molecule has 0 spiro atoms. The van der Waals surface area contributed by atoms with E-state index in [2.05, 4.69) is 10.3 Å². The minimum atomic E-state index is -0.515. The molecular weight excluding hydrogens is 336 g/mol. The van der Waals surface area contributed by atoms with Gasteiger partial charge in [-0.2, -0.15) is 0 Å². The van der Waals surface area contributed by atoms with Gasteiger partial charge in [-0.05, 0) is 48.7 Å². The van der Waals surface area contributed by atoms with Gasteiger partial charge in [0, 0.05) is 12.1 Å². The Morgan fingerprint density at radius 3 is 2.69 bits per heavy atom. The van der Waals surface area contributed by atoms with Gasteiger partial charge in [0.15, 0.2) is 17.1 Å². The maximum atomic E-state index is 12.1. The molecule has 1 aromatic heterocycles. The highest BCUT2D eigenvalue weighted by Crippen LogP contribution is 2.28. The third kappa shape index (κ3) is 4.05. The van der Waals surface area contributed by atoms with Crippen molar-refractivity contribution in [1.29, 1.82) is 0 Å². The normalized spacial score (nSPS) is 10.7. The lowest BCUT2D eigenvalue weighted by molar-refractivity contribution is -0.116. The number of nitrogens with one attached hydrogen (secondary N) is 2. The summed E-state index contributed by atoms with van der Waals surface area (Å²) in [6.07, 6.45) is 1.84. The van der Waals surface area contributed by atoms with Gasteiger partial charge in [-0.15, -0.1) is 0 Å². The minimum absolute atomic E-state index is 0.0873. The van der Waals surface area contributed by atoms with Gasteiger partial charge in [0.2, 0.25) is 5.91 Å². The predicted molar refractivity (Wildman–Crippen MR) is 97.9 cm³/mol. The molecule has 3 rings (SSSR count). The number of anilines is 1. The van der Waals surface area contributed by atoms with Crippen molar-refractivity contribution in [3.05, 3.63) is 52.5 Å². The number of H-pyrrole nitrogens is 1. The summed E-state index contributed by atoms with van der Waals surface area (Å²) < 4.78 is 15.4. The van der Waals surface area contributed by atoms with Crippen LogP contribution in [0.25, 0.3) is 11.1 Å². The van der Waals surface area contributed by atoms with Gasteiger partial charge in [0.05, 0.1) is 19.7 Å². The Hall–Kier alpha value is -3.22. The third-order valence-corrected chi connectivity index (χ3v) is 4.02. The van der Waals surface area contributed by atoms with Crippen molar-refractivity contribution >= 4 is 22.7 Å². The highest BCUT2D eigenvalue weighted by atomic mass is 16.5. The molecule has 0 aliphatic rings. The zero-order valence-corrected chi connectivity index (χ0v) is 14.6. The number of hydrogen-bond acceptors (Lipinski definition) is 5. The minimum Gasteiger partial charge on any atom is -0.493 e. The summed E-state index contributed by atoms with van der Waals surface area (Å²) in [6, 6.07) is 10.8. The number of aryl methyl sites for hydroxylation is 1. The Kier molecular flexibility index (Phi) is 5.26. The number of aromatic amines is 1. The smallest absolute Gasteiger partial charge is 0.417 e. The summed E-state index contributed by atoms with van der Waals surface area (Å²) in [6.45, 7) is 0. The van der Waals surface area contributed by atoms with E-state index in [0.29, 0.717) is 41.1 Å². The fourth-order valence-electron chi connectivity index (χ4n) is 2.74. The SMILES string of the molecule is COc1ccc(CCCC(=O)Nc2ccc3oc(=O)[nH]c3c2)cc1OC. The van der Waals surface area contributed by atoms with Crippen molar-refractivity contribution in [1.82, 2.24) is 4.98 Å². The number of benzene rings is 2. The molecule has 2 N–H and O–H groups in total. The number of carbonyl (C=O) groups is 1. The van der Waals surface area contributed by atoms with Gasteiger partial charge < -0.3 is 19.2 Å². The maximum absolute atomic E-state index is 12.1. The van der Waals surface area contributed by atoms with Crippen molar-refractivity contribution in [2.75, 3.05) is 19.5 Å². The number of rotatable bonds is 7. The Morgan fingerprint density at radius 2 is 1.92 bits per heavy atom. The molecule has 136 valence electrons. The van der Waals surface area contributed by atoms with Crippen LogP contribution >= 0.6 is 0 Å². The number of methoxy groups -OCH3 is 2. The van der Waals surface area contributed by atoms with Gasteiger partial charge in [-0.3, -0.25) is 9.78 Å². The van der Waals surface area contributed by atoms with Crippen LogP contribution in [0.15, 0.2) is 45.6 Å². The van der Waals surface area contributed by atoms with Crippen LogP contribution in [-0.2, 0) is 11.2 Å². The fourth-order valence-corrected chi connectivity index (χ4v) is 2.74. The molecule has 2 aromatic carbocycles. The average molecular weight is 356 g/mol. The van der Waals surface area contributed by atoms with Crippen LogP contribution in [-0.4, -0.2) is 25.1 Å². The number of fused-ring (bicyclic) bond motifs is 1. The molecule has 0 bridgehead atoms. The molecule has 0 saturated carbocycles. The Bertz CT molecular complexity index is 973. The lowest BCUT2D eigenvalue weighted by Gasteiger charge is -2.09. The average Bonchev–Trinajstić information content (AvgIpc) is 3.00. The highest BCUT2D eigenvalue weighted by Gasteiger charge is 2.08. The summed E-state index contributed by atoms with van der Waals surface area (Å²) in [5.74, 6) is 0.757. The lowest BCUT2D eigenvalue weighted by Crippen LogP contribution is -2.11. The van der Waals surface area contributed by atoms with Gasteiger partial charge >= 0.3 is 5.76 Å². The molecule has 0 aliphatic heterocycles. The Balaban J connectivity index is 1.54. The monoisotopic (exact) mass is 356 g/mol. The largest absolute Gasteiger partial charge is 0.493 e. The molecule has 0 unspecified atom stereocenters. The van der Waals surface area contributed by atoms with Crippen LogP contribution in [0.5, 0.6) is 11.5 Å². The first kappa shape index (κ1) is 17.6. The number of aromatic nitrogens is 1. The second kappa shape index (κ2) is 7.77. The van der Waals surface area contributed by atoms with Crippen LogP contribution in [0, 0.1) is 0 Å². The van der Waals surface area contributed by atoms with E-state index in [0.717, 1.165) is 12.0 Å². The molecule has 0 radical (unpaired) electrons. The quantitative estimate of drug-likeness (QED) is 0.678. The van der Waals surface area contributed by atoms with Crippen molar-refractivity contribution in [3.63, 3.8) is 0 Å². The summed E-state index contributed by atoms with van der Waals surface area (Å²) in [7, 11) is 3.19. The van der Waals surface area contributed by atoms with Gasteiger partial charge in [-0.1, -0.05) is 6.07 Å². The van der Waals surface area contributed by atoms with Crippen LogP contribution in [0.4, 0.5) is 5.69 Å². The van der Waals surface area contributed by atoms with Gasteiger partial charge in [0.25, 0.3) is 0 Å².